The van der Waals surface area contributed by atoms with Gasteiger partial charge in [0.2, 0.25) is 0 Å². The molecular weight excluding hydrogens is 208 g/mol. The highest BCUT2D eigenvalue weighted by Crippen LogP contribution is 2.26. The molecule has 92 valence electrons. The minimum Gasteiger partial charge on any atom is -0.481 e. The molecule has 1 aliphatic rings. The first-order valence-corrected chi connectivity index (χ1v) is 5.91. The van der Waals surface area contributed by atoms with Gasteiger partial charge >= 0.3 is 12.0 Å². The van der Waals surface area contributed by atoms with Crippen molar-refractivity contribution in [2.24, 2.45) is 0 Å². The number of carbonyl (C=O) groups excluding carboxylic acids is 1. The third-order valence-corrected chi connectivity index (χ3v) is 2.68. The Morgan fingerprint density at radius 2 is 2.06 bits per heavy atom. The molecule has 5 nitrogen and oxygen atoms in total. The molecule has 2 amide bonds. The van der Waals surface area contributed by atoms with Crippen molar-refractivity contribution >= 4 is 12.0 Å². The fraction of sp³-hybridized carbons (Fsp3) is 0.818. The van der Waals surface area contributed by atoms with E-state index in [1.807, 2.05) is 11.8 Å². The van der Waals surface area contributed by atoms with Crippen molar-refractivity contribution < 1.29 is 14.7 Å². The molecule has 2 N–H and O–H groups in total. The highest BCUT2D eigenvalue weighted by atomic mass is 16.4. The molecule has 0 bridgehead atoms. The molecule has 0 unspecified atom stereocenters. The minimum atomic E-state index is -0.778. The lowest BCUT2D eigenvalue weighted by Crippen LogP contribution is -2.41. The SMILES string of the molecule is CCN(C(=O)NCCCCC(=O)O)C1CC1. The first-order chi connectivity index (χ1) is 7.65. The van der Waals surface area contributed by atoms with Crippen LogP contribution in [0.3, 0.4) is 0 Å². The Hall–Kier alpha value is -1.26. The largest absolute Gasteiger partial charge is 0.481 e. The van der Waals surface area contributed by atoms with Crippen LogP contribution in [-0.2, 0) is 4.79 Å². The van der Waals surface area contributed by atoms with Crippen molar-refractivity contribution in [3.05, 3.63) is 0 Å². The van der Waals surface area contributed by atoms with Crippen LogP contribution in [0.2, 0.25) is 0 Å². The standard InChI is InChI=1S/C11H20N2O3/c1-2-13(9-6-7-9)11(16)12-8-4-3-5-10(14)15/h9H,2-8H2,1H3,(H,12,16)(H,14,15). The summed E-state index contributed by atoms with van der Waals surface area (Å²) in [6.07, 6.45) is 3.74. The van der Waals surface area contributed by atoms with Crippen molar-refractivity contribution in [2.45, 2.75) is 45.1 Å². The maximum absolute atomic E-state index is 11.7. The van der Waals surface area contributed by atoms with Crippen molar-refractivity contribution in [3.63, 3.8) is 0 Å². The number of hydrogen-bond donors (Lipinski definition) is 2. The summed E-state index contributed by atoms with van der Waals surface area (Å²) in [6, 6.07) is 0.421. The number of rotatable bonds is 7. The van der Waals surface area contributed by atoms with Gasteiger partial charge in [-0.15, -0.1) is 0 Å². The molecular formula is C11H20N2O3. The third-order valence-electron chi connectivity index (χ3n) is 2.68. The van der Waals surface area contributed by atoms with Gasteiger partial charge in [0.05, 0.1) is 0 Å². The molecule has 0 saturated heterocycles. The van der Waals surface area contributed by atoms with Crippen LogP contribution in [0.1, 0.15) is 39.0 Å². The summed E-state index contributed by atoms with van der Waals surface area (Å²) in [6.45, 7) is 3.28. The molecule has 0 aromatic rings. The number of hydrogen-bond acceptors (Lipinski definition) is 2. The Bertz CT molecular complexity index is 252. The van der Waals surface area contributed by atoms with Crippen molar-refractivity contribution in [2.75, 3.05) is 13.1 Å². The number of nitrogens with one attached hydrogen (secondary N) is 1. The van der Waals surface area contributed by atoms with Gasteiger partial charge in [0.25, 0.3) is 0 Å². The number of urea groups is 1. The van der Waals surface area contributed by atoms with Crippen LogP contribution in [0.4, 0.5) is 4.79 Å². The number of carboxylic acid groups (broad SMARTS) is 1. The van der Waals surface area contributed by atoms with Crippen LogP contribution in [0, 0.1) is 0 Å². The van der Waals surface area contributed by atoms with Gasteiger partial charge in [-0.25, -0.2) is 4.79 Å². The molecule has 0 spiro atoms. The van der Waals surface area contributed by atoms with Crippen LogP contribution in [-0.4, -0.2) is 41.1 Å². The lowest BCUT2D eigenvalue weighted by atomic mass is 10.2. The third kappa shape index (κ3) is 4.51. The number of aliphatic carboxylic acids is 1. The monoisotopic (exact) mass is 228 g/mol. The van der Waals surface area contributed by atoms with E-state index in [9.17, 15) is 9.59 Å². The second kappa shape index (κ2) is 6.35. The molecule has 0 atom stereocenters. The molecule has 1 saturated carbocycles. The Labute approximate surface area is 95.8 Å². The zero-order valence-corrected chi connectivity index (χ0v) is 9.74. The van der Waals surface area contributed by atoms with Crippen molar-refractivity contribution in [1.82, 2.24) is 10.2 Å². The van der Waals surface area contributed by atoms with Gasteiger partial charge in [0.1, 0.15) is 0 Å². The molecule has 1 rings (SSSR count). The van der Waals surface area contributed by atoms with Crippen LogP contribution in [0.25, 0.3) is 0 Å². The smallest absolute Gasteiger partial charge is 0.317 e. The molecule has 0 radical (unpaired) electrons. The topological polar surface area (TPSA) is 69.6 Å². The van der Waals surface area contributed by atoms with E-state index < -0.39 is 5.97 Å². The van der Waals surface area contributed by atoms with E-state index in [-0.39, 0.29) is 12.5 Å². The van der Waals surface area contributed by atoms with Crippen molar-refractivity contribution in [1.29, 1.82) is 0 Å². The highest BCUT2D eigenvalue weighted by molar-refractivity contribution is 5.74. The number of amides is 2. The van der Waals surface area contributed by atoms with E-state index >= 15 is 0 Å². The molecule has 0 aromatic carbocycles. The molecule has 5 heteroatoms. The predicted molar refractivity (Wildman–Crippen MR) is 60.3 cm³/mol. The average Bonchev–Trinajstić information content (AvgIpc) is 3.02. The second-order valence-electron chi connectivity index (χ2n) is 4.10. The summed E-state index contributed by atoms with van der Waals surface area (Å²) in [5.74, 6) is -0.778. The van der Waals surface area contributed by atoms with E-state index in [4.69, 9.17) is 5.11 Å². The summed E-state index contributed by atoms with van der Waals surface area (Å²) < 4.78 is 0. The lowest BCUT2D eigenvalue weighted by Gasteiger charge is -2.20. The molecule has 0 aromatic heterocycles. The summed E-state index contributed by atoms with van der Waals surface area (Å²) >= 11 is 0. The van der Waals surface area contributed by atoms with E-state index in [0.29, 0.717) is 19.0 Å². The van der Waals surface area contributed by atoms with Crippen LogP contribution in [0.5, 0.6) is 0 Å². The summed E-state index contributed by atoms with van der Waals surface area (Å²) in [4.78, 5) is 23.7. The first kappa shape index (κ1) is 12.8. The fourth-order valence-corrected chi connectivity index (χ4v) is 1.65. The highest BCUT2D eigenvalue weighted by Gasteiger charge is 2.30. The number of carbonyl (C=O) groups is 2. The zero-order chi connectivity index (χ0) is 12.0. The molecule has 0 aliphatic heterocycles. The van der Waals surface area contributed by atoms with E-state index in [0.717, 1.165) is 25.8 Å². The van der Waals surface area contributed by atoms with Gasteiger partial charge in [-0.05, 0) is 32.6 Å². The van der Waals surface area contributed by atoms with Gasteiger partial charge < -0.3 is 15.3 Å². The zero-order valence-electron chi connectivity index (χ0n) is 9.74. The van der Waals surface area contributed by atoms with Gasteiger partial charge in [-0.2, -0.15) is 0 Å². The maximum atomic E-state index is 11.7. The van der Waals surface area contributed by atoms with Crippen LogP contribution in [0.15, 0.2) is 0 Å². The molecule has 0 heterocycles. The summed E-state index contributed by atoms with van der Waals surface area (Å²) in [5.41, 5.74) is 0. The first-order valence-electron chi connectivity index (χ1n) is 5.91. The maximum Gasteiger partial charge on any atom is 0.317 e. The number of carboxylic acids is 1. The second-order valence-corrected chi connectivity index (χ2v) is 4.10. The lowest BCUT2D eigenvalue weighted by molar-refractivity contribution is -0.137. The van der Waals surface area contributed by atoms with E-state index in [1.54, 1.807) is 0 Å². The van der Waals surface area contributed by atoms with Gasteiger partial charge in [0, 0.05) is 25.6 Å². The molecule has 16 heavy (non-hydrogen) atoms. The van der Waals surface area contributed by atoms with Gasteiger partial charge in [0.15, 0.2) is 0 Å². The molecule has 1 aliphatic carbocycles. The van der Waals surface area contributed by atoms with Crippen molar-refractivity contribution in [3.8, 4) is 0 Å². The van der Waals surface area contributed by atoms with Crippen LogP contribution >= 0.6 is 0 Å². The Kier molecular flexibility index (Phi) is 5.08. The number of unbranched alkanes of at least 4 members (excludes halogenated alkanes) is 1. The van der Waals surface area contributed by atoms with E-state index in [1.165, 1.54) is 0 Å². The Balaban J connectivity index is 2.07. The van der Waals surface area contributed by atoms with Gasteiger partial charge in [-0.3, -0.25) is 4.79 Å². The molecule has 1 fully saturated rings. The predicted octanol–water partition coefficient (Wildman–Crippen LogP) is 1.44. The van der Waals surface area contributed by atoms with Gasteiger partial charge in [-0.1, -0.05) is 0 Å². The summed E-state index contributed by atoms with van der Waals surface area (Å²) in [7, 11) is 0. The van der Waals surface area contributed by atoms with Crippen LogP contribution < -0.4 is 5.32 Å². The average molecular weight is 228 g/mol. The Morgan fingerprint density at radius 3 is 2.56 bits per heavy atom. The normalized spacial score (nSPS) is 14.6. The van der Waals surface area contributed by atoms with E-state index in [2.05, 4.69) is 5.32 Å². The fourth-order valence-electron chi connectivity index (χ4n) is 1.65. The quantitative estimate of drug-likeness (QED) is 0.648. The Morgan fingerprint density at radius 1 is 1.38 bits per heavy atom. The summed E-state index contributed by atoms with van der Waals surface area (Å²) in [5, 5.41) is 11.3. The number of nitrogens with zero attached hydrogens (tertiary/aromatic N) is 1. The minimum absolute atomic E-state index is 0.0136.